The van der Waals surface area contributed by atoms with E-state index >= 15 is 0 Å². The number of likely N-dealkylation sites (tertiary alicyclic amines) is 1. The molecule has 15 heavy (non-hydrogen) atoms. The first-order valence-electron chi connectivity index (χ1n) is 5.09. The van der Waals surface area contributed by atoms with Gasteiger partial charge in [-0.25, -0.2) is 0 Å². The first-order valence-corrected chi connectivity index (χ1v) is 5.09. The number of pyridine rings is 1. The zero-order valence-corrected chi connectivity index (χ0v) is 9.03. The summed E-state index contributed by atoms with van der Waals surface area (Å²) < 4.78 is 0. The predicted octanol–water partition coefficient (Wildman–Crippen LogP) is 1.03. The van der Waals surface area contributed by atoms with Crippen molar-refractivity contribution in [2.75, 3.05) is 18.4 Å². The third kappa shape index (κ3) is 2.26. The van der Waals surface area contributed by atoms with E-state index in [0.29, 0.717) is 6.04 Å². The maximum atomic E-state index is 11.0. The summed E-state index contributed by atoms with van der Waals surface area (Å²) in [5, 5.41) is 3.35. The normalized spacial score (nSPS) is 16.0. The molecule has 0 aromatic carbocycles. The summed E-state index contributed by atoms with van der Waals surface area (Å²) in [7, 11) is 0. The largest absolute Gasteiger partial charge is 0.377 e. The number of carbonyl (C=O) groups is 1. The Morgan fingerprint density at radius 1 is 1.53 bits per heavy atom. The van der Waals surface area contributed by atoms with Crippen molar-refractivity contribution >= 4 is 11.6 Å². The van der Waals surface area contributed by atoms with Crippen LogP contribution >= 0.6 is 0 Å². The molecule has 0 bridgehead atoms. The minimum atomic E-state index is 0.149. The van der Waals surface area contributed by atoms with Crippen LogP contribution in [-0.2, 0) is 4.79 Å². The fourth-order valence-corrected chi connectivity index (χ4v) is 1.70. The fraction of sp³-hybridized carbons (Fsp3) is 0.455. The van der Waals surface area contributed by atoms with Gasteiger partial charge >= 0.3 is 0 Å². The number of hydrogen-bond donors (Lipinski definition) is 1. The Morgan fingerprint density at radius 2 is 2.27 bits per heavy atom. The van der Waals surface area contributed by atoms with Crippen LogP contribution in [0.1, 0.15) is 12.5 Å². The quantitative estimate of drug-likeness (QED) is 0.784. The van der Waals surface area contributed by atoms with E-state index in [9.17, 15) is 4.79 Å². The lowest BCUT2D eigenvalue weighted by Gasteiger charge is -2.39. The molecule has 1 aliphatic heterocycles. The Morgan fingerprint density at radius 3 is 2.87 bits per heavy atom. The van der Waals surface area contributed by atoms with E-state index in [2.05, 4.69) is 16.4 Å². The van der Waals surface area contributed by atoms with Crippen molar-refractivity contribution in [3.05, 3.63) is 24.0 Å². The van der Waals surface area contributed by atoms with Gasteiger partial charge < -0.3 is 10.2 Å². The topological polar surface area (TPSA) is 45.2 Å². The van der Waals surface area contributed by atoms with Gasteiger partial charge in [0.2, 0.25) is 5.91 Å². The van der Waals surface area contributed by atoms with Gasteiger partial charge in [-0.1, -0.05) is 0 Å². The predicted molar refractivity (Wildman–Crippen MR) is 58.6 cm³/mol. The van der Waals surface area contributed by atoms with Gasteiger partial charge in [-0.3, -0.25) is 9.78 Å². The fourth-order valence-electron chi connectivity index (χ4n) is 1.70. The highest BCUT2D eigenvalue weighted by Gasteiger charge is 2.28. The van der Waals surface area contributed by atoms with Crippen LogP contribution < -0.4 is 5.32 Å². The van der Waals surface area contributed by atoms with Crippen molar-refractivity contribution in [1.29, 1.82) is 0 Å². The minimum Gasteiger partial charge on any atom is -0.377 e. The summed E-state index contributed by atoms with van der Waals surface area (Å²) in [5.74, 6) is 0.149. The molecule has 4 nitrogen and oxygen atoms in total. The Hall–Kier alpha value is -1.58. The zero-order chi connectivity index (χ0) is 10.8. The van der Waals surface area contributed by atoms with Crippen molar-refractivity contribution < 1.29 is 4.79 Å². The second-order valence-electron chi connectivity index (χ2n) is 4.02. The number of hydrogen-bond acceptors (Lipinski definition) is 3. The molecule has 0 saturated carbocycles. The number of aromatic nitrogens is 1. The van der Waals surface area contributed by atoms with E-state index in [1.165, 1.54) is 0 Å². The van der Waals surface area contributed by atoms with Gasteiger partial charge in [0.1, 0.15) is 0 Å². The number of nitrogens with one attached hydrogen (secondary N) is 1. The standard InChI is InChI=1S/C11H15N3O/c1-8-3-10(5-12-4-8)13-11-6-14(7-11)9(2)15/h3-5,11,13H,6-7H2,1-2H3. The smallest absolute Gasteiger partial charge is 0.219 e. The van der Waals surface area contributed by atoms with Crippen molar-refractivity contribution in [3.63, 3.8) is 0 Å². The van der Waals surface area contributed by atoms with E-state index in [-0.39, 0.29) is 5.91 Å². The van der Waals surface area contributed by atoms with Crippen molar-refractivity contribution in [2.24, 2.45) is 0 Å². The molecule has 0 radical (unpaired) electrons. The van der Waals surface area contributed by atoms with Gasteiger partial charge in [0, 0.05) is 32.4 Å². The van der Waals surface area contributed by atoms with Crippen LogP contribution in [0.25, 0.3) is 0 Å². The van der Waals surface area contributed by atoms with Crippen LogP contribution in [0.15, 0.2) is 18.5 Å². The maximum absolute atomic E-state index is 11.0. The third-order valence-corrected chi connectivity index (χ3v) is 2.57. The first-order chi connectivity index (χ1) is 7.15. The minimum absolute atomic E-state index is 0.149. The lowest BCUT2D eigenvalue weighted by Crippen LogP contribution is -2.56. The molecular weight excluding hydrogens is 190 g/mol. The average Bonchev–Trinajstić information content (AvgIpc) is 2.10. The highest BCUT2D eigenvalue weighted by molar-refractivity contribution is 5.74. The zero-order valence-electron chi connectivity index (χ0n) is 9.03. The van der Waals surface area contributed by atoms with Gasteiger partial charge in [-0.05, 0) is 18.6 Å². The van der Waals surface area contributed by atoms with E-state index in [1.54, 1.807) is 6.92 Å². The SMILES string of the molecule is CC(=O)N1CC(Nc2cncc(C)c2)C1. The van der Waals surface area contributed by atoms with Gasteiger partial charge in [0.05, 0.1) is 11.7 Å². The molecule has 1 saturated heterocycles. The van der Waals surface area contributed by atoms with Gasteiger partial charge in [0.25, 0.3) is 0 Å². The van der Waals surface area contributed by atoms with Gasteiger partial charge in [-0.15, -0.1) is 0 Å². The summed E-state index contributed by atoms with van der Waals surface area (Å²) in [4.78, 5) is 16.9. The lowest BCUT2D eigenvalue weighted by atomic mass is 10.1. The van der Waals surface area contributed by atoms with E-state index in [1.807, 2.05) is 24.2 Å². The van der Waals surface area contributed by atoms with Crippen LogP contribution in [0.5, 0.6) is 0 Å². The van der Waals surface area contributed by atoms with E-state index in [0.717, 1.165) is 24.3 Å². The molecule has 1 amide bonds. The highest BCUT2D eigenvalue weighted by Crippen LogP contribution is 2.15. The van der Waals surface area contributed by atoms with Crippen LogP contribution in [-0.4, -0.2) is 34.9 Å². The van der Waals surface area contributed by atoms with Crippen LogP contribution in [0.3, 0.4) is 0 Å². The summed E-state index contributed by atoms with van der Waals surface area (Å²) in [6.07, 6.45) is 3.64. The number of aryl methyl sites for hydroxylation is 1. The molecule has 4 heteroatoms. The molecule has 1 aliphatic rings. The lowest BCUT2D eigenvalue weighted by molar-refractivity contribution is -0.132. The van der Waals surface area contributed by atoms with Crippen molar-refractivity contribution in [3.8, 4) is 0 Å². The molecule has 2 rings (SSSR count). The number of anilines is 1. The van der Waals surface area contributed by atoms with Crippen molar-refractivity contribution in [1.82, 2.24) is 9.88 Å². The Balaban J connectivity index is 1.87. The first kappa shape index (κ1) is 9.96. The van der Waals surface area contributed by atoms with Crippen LogP contribution in [0, 0.1) is 6.92 Å². The average molecular weight is 205 g/mol. The summed E-state index contributed by atoms with van der Waals surface area (Å²) in [5.41, 5.74) is 2.17. The number of carbonyl (C=O) groups excluding carboxylic acids is 1. The second-order valence-corrected chi connectivity index (χ2v) is 4.02. The second kappa shape index (κ2) is 3.88. The van der Waals surface area contributed by atoms with Crippen LogP contribution in [0.2, 0.25) is 0 Å². The van der Waals surface area contributed by atoms with Crippen LogP contribution in [0.4, 0.5) is 5.69 Å². The molecule has 1 N–H and O–H groups in total. The molecule has 1 aromatic heterocycles. The molecule has 0 atom stereocenters. The molecule has 1 aromatic rings. The Labute approximate surface area is 89.3 Å². The van der Waals surface area contributed by atoms with Crippen molar-refractivity contribution in [2.45, 2.75) is 19.9 Å². The monoisotopic (exact) mass is 205 g/mol. The third-order valence-electron chi connectivity index (χ3n) is 2.57. The maximum Gasteiger partial charge on any atom is 0.219 e. The number of rotatable bonds is 2. The molecule has 0 unspecified atom stereocenters. The molecule has 2 heterocycles. The molecular formula is C11H15N3O. The molecule has 0 aliphatic carbocycles. The summed E-state index contributed by atoms with van der Waals surface area (Å²) >= 11 is 0. The van der Waals surface area contributed by atoms with Gasteiger partial charge in [-0.2, -0.15) is 0 Å². The molecule has 0 spiro atoms. The Bertz CT molecular complexity index is 372. The Kier molecular flexibility index (Phi) is 2.58. The highest BCUT2D eigenvalue weighted by atomic mass is 16.2. The van der Waals surface area contributed by atoms with E-state index in [4.69, 9.17) is 0 Å². The molecule has 80 valence electrons. The molecule has 1 fully saturated rings. The summed E-state index contributed by atoms with van der Waals surface area (Å²) in [6, 6.07) is 2.43. The number of nitrogens with zero attached hydrogens (tertiary/aromatic N) is 2. The summed E-state index contributed by atoms with van der Waals surface area (Å²) in [6.45, 7) is 5.21. The van der Waals surface area contributed by atoms with E-state index < -0.39 is 0 Å². The van der Waals surface area contributed by atoms with Gasteiger partial charge in [0.15, 0.2) is 0 Å². The number of amides is 1.